The molecule has 136 valence electrons. The summed E-state index contributed by atoms with van der Waals surface area (Å²) in [4.78, 5) is 28.2. The minimum absolute atomic E-state index is 0.139. The maximum absolute atomic E-state index is 13.1. The van der Waals surface area contributed by atoms with Crippen molar-refractivity contribution in [2.24, 2.45) is 0 Å². The summed E-state index contributed by atoms with van der Waals surface area (Å²) in [7, 11) is 0. The third kappa shape index (κ3) is 3.63. The Morgan fingerprint density at radius 3 is 2.38 bits per heavy atom. The molecular formula is C21H24N2O2S. The number of hydrogen-bond acceptors (Lipinski definition) is 3. The lowest BCUT2D eigenvalue weighted by Crippen LogP contribution is -2.44. The van der Waals surface area contributed by atoms with E-state index in [9.17, 15) is 9.59 Å². The molecule has 0 radical (unpaired) electrons. The van der Waals surface area contributed by atoms with Crippen LogP contribution in [0.2, 0.25) is 0 Å². The first kappa shape index (κ1) is 18.5. The van der Waals surface area contributed by atoms with Gasteiger partial charge < -0.3 is 5.32 Å². The summed E-state index contributed by atoms with van der Waals surface area (Å²) in [6, 6.07) is 17.5. The maximum atomic E-state index is 13.1. The van der Waals surface area contributed by atoms with Gasteiger partial charge in [0, 0.05) is 17.2 Å². The Morgan fingerprint density at radius 1 is 1.04 bits per heavy atom. The molecule has 0 unspecified atom stereocenters. The second-order valence-corrected chi connectivity index (χ2v) is 7.74. The Labute approximate surface area is 159 Å². The number of urea groups is 1. The highest BCUT2D eigenvalue weighted by atomic mass is 32.2. The van der Waals surface area contributed by atoms with E-state index in [2.05, 4.69) is 36.5 Å². The second kappa shape index (κ2) is 7.96. The lowest BCUT2D eigenvalue weighted by atomic mass is 9.85. The number of imide groups is 1. The summed E-state index contributed by atoms with van der Waals surface area (Å²) in [6.45, 7) is 4.49. The fraction of sp³-hybridized carbons (Fsp3) is 0.333. The topological polar surface area (TPSA) is 49.4 Å². The van der Waals surface area contributed by atoms with E-state index in [-0.39, 0.29) is 11.9 Å². The minimum Gasteiger partial charge on any atom is -0.319 e. The number of thioether (sulfide) groups is 1. The molecule has 1 fully saturated rings. The molecule has 0 aromatic heterocycles. The lowest BCUT2D eigenvalue weighted by Gasteiger charge is -2.27. The molecule has 0 aliphatic carbocycles. The number of amides is 3. The van der Waals surface area contributed by atoms with Crippen LogP contribution in [-0.2, 0) is 10.3 Å². The third-order valence-electron chi connectivity index (χ3n) is 4.67. The Bertz CT molecular complexity index is 776. The predicted octanol–water partition coefficient (Wildman–Crippen LogP) is 4.33. The molecule has 5 heteroatoms. The molecule has 3 amide bonds. The van der Waals surface area contributed by atoms with Gasteiger partial charge in [-0.25, -0.2) is 4.79 Å². The summed E-state index contributed by atoms with van der Waals surface area (Å²) in [5.74, 6) is 0.541. The number of rotatable bonds is 7. The largest absolute Gasteiger partial charge is 0.325 e. The van der Waals surface area contributed by atoms with Crippen LogP contribution in [0.3, 0.4) is 0 Å². The van der Waals surface area contributed by atoms with Gasteiger partial charge in [0.05, 0.1) is 0 Å². The molecule has 3 rings (SSSR count). The molecule has 1 heterocycles. The van der Waals surface area contributed by atoms with Gasteiger partial charge in [-0.2, -0.15) is 0 Å². The summed E-state index contributed by atoms with van der Waals surface area (Å²) in [6.07, 6.45) is 1.41. The van der Waals surface area contributed by atoms with Gasteiger partial charge in [0.25, 0.3) is 5.91 Å². The normalized spacial score (nSPS) is 19.7. The van der Waals surface area contributed by atoms with Crippen molar-refractivity contribution in [2.45, 2.75) is 37.1 Å². The molecule has 1 saturated heterocycles. The molecule has 1 aliphatic rings. The van der Waals surface area contributed by atoms with Crippen molar-refractivity contribution in [3.8, 4) is 0 Å². The van der Waals surface area contributed by atoms with Crippen molar-refractivity contribution < 1.29 is 9.59 Å². The van der Waals surface area contributed by atoms with Crippen molar-refractivity contribution in [1.29, 1.82) is 0 Å². The van der Waals surface area contributed by atoms with E-state index in [1.54, 1.807) is 11.8 Å². The Hall–Kier alpha value is -2.27. The van der Waals surface area contributed by atoms with E-state index in [0.29, 0.717) is 18.7 Å². The van der Waals surface area contributed by atoms with Crippen molar-refractivity contribution in [1.82, 2.24) is 10.2 Å². The van der Waals surface area contributed by atoms with Crippen molar-refractivity contribution in [2.75, 3.05) is 12.3 Å². The van der Waals surface area contributed by atoms with Crippen molar-refractivity contribution in [3.05, 3.63) is 65.7 Å². The molecule has 0 saturated carbocycles. The predicted molar refractivity (Wildman–Crippen MR) is 105 cm³/mol. The molecule has 1 aliphatic heterocycles. The number of nitrogens with one attached hydrogen (secondary N) is 1. The highest BCUT2D eigenvalue weighted by Gasteiger charge is 2.51. The number of nitrogens with zero attached hydrogens (tertiary/aromatic N) is 1. The summed E-state index contributed by atoms with van der Waals surface area (Å²) in [5, 5.41) is 2.97. The van der Waals surface area contributed by atoms with E-state index in [1.165, 1.54) is 10.5 Å². The van der Waals surface area contributed by atoms with E-state index in [4.69, 9.17) is 0 Å². The standard InChI is InChI=1S/C21H24N2O2S/c1-3-13-21(17-7-5-4-6-8-17)19(24)23(20(25)22-21)14-15-26-18-11-9-16(2)10-12-18/h4-12H,3,13-15H2,1-2H3,(H,22,25)/t21-/m0/s1. The number of benzene rings is 2. The second-order valence-electron chi connectivity index (χ2n) is 6.57. The molecule has 2 aromatic carbocycles. The van der Waals surface area contributed by atoms with Crippen LogP contribution >= 0.6 is 11.8 Å². The van der Waals surface area contributed by atoms with Crippen LogP contribution in [0.1, 0.15) is 30.9 Å². The molecule has 4 nitrogen and oxygen atoms in total. The zero-order chi connectivity index (χ0) is 18.6. The van der Waals surface area contributed by atoms with Crippen LogP contribution in [0.4, 0.5) is 4.79 Å². The quantitative estimate of drug-likeness (QED) is 0.584. The fourth-order valence-corrected chi connectivity index (χ4v) is 4.16. The molecule has 26 heavy (non-hydrogen) atoms. The van der Waals surface area contributed by atoms with E-state index < -0.39 is 5.54 Å². The van der Waals surface area contributed by atoms with Crippen LogP contribution in [-0.4, -0.2) is 29.1 Å². The molecule has 0 spiro atoms. The van der Waals surface area contributed by atoms with E-state index in [1.807, 2.05) is 37.3 Å². The van der Waals surface area contributed by atoms with Crippen molar-refractivity contribution in [3.63, 3.8) is 0 Å². The monoisotopic (exact) mass is 368 g/mol. The van der Waals surface area contributed by atoms with E-state index in [0.717, 1.165) is 16.9 Å². The smallest absolute Gasteiger partial charge is 0.319 e. The van der Waals surface area contributed by atoms with Gasteiger partial charge in [0.1, 0.15) is 5.54 Å². The third-order valence-corrected chi connectivity index (χ3v) is 5.66. The van der Waals surface area contributed by atoms with Gasteiger partial charge in [-0.1, -0.05) is 61.4 Å². The SMILES string of the molecule is CCC[C@@]1(c2ccccc2)NC(=O)N(CCSc2ccc(C)cc2)C1=O. The van der Waals surface area contributed by atoms with Crippen LogP contribution in [0.5, 0.6) is 0 Å². The highest BCUT2D eigenvalue weighted by molar-refractivity contribution is 7.99. The zero-order valence-corrected chi connectivity index (χ0v) is 16.0. The zero-order valence-electron chi connectivity index (χ0n) is 15.2. The van der Waals surface area contributed by atoms with Gasteiger partial charge >= 0.3 is 6.03 Å². The number of carbonyl (C=O) groups is 2. The van der Waals surface area contributed by atoms with E-state index >= 15 is 0 Å². The number of hydrogen-bond donors (Lipinski definition) is 1. The van der Waals surface area contributed by atoms with Crippen LogP contribution in [0, 0.1) is 6.92 Å². The Kier molecular flexibility index (Phi) is 5.67. The fourth-order valence-electron chi connectivity index (χ4n) is 3.33. The average molecular weight is 369 g/mol. The summed E-state index contributed by atoms with van der Waals surface area (Å²) >= 11 is 1.66. The number of carbonyl (C=O) groups excluding carboxylic acids is 2. The van der Waals surface area contributed by atoms with Gasteiger partial charge in [-0.05, 0) is 31.0 Å². The van der Waals surface area contributed by atoms with Gasteiger partial charge in [-0.3, -0.25) is 9.69 Å². The first-order valence-electron chi connectivity index (χ1n) is 8.96. The lowest BCUT2D eigenvalue weighted by molar-refractivity contribution is -0.131. The first-order chi connectivity index (χ1) is 12.6. The Balaban J connectivity index is 1.72. The molecule has 2 aromatic rings. The maximum Gasteiger partial charge on any atom is 0.325 e. The van der Waals surface area contributed by atoms with Crippen LogP contribution < -0.4 is 5.32 Å². The highest BCUT2D eigenvalue weighted by Crippen LogP contribution is 2.33. The number of aryl methyl sites for hydroxylation is 1. The molecule has 1 N–H and O–H groups in total. The van der Waals surface area contributed by atoms with Gasteiger partial charge in [-0.15, -0.1) is 11.8 Å². The first-order valence-corrected chi connectivity index (χ1v) is 9.94. The van der Waals surface area contributed by atoms with Gasteiger partial charge in [0.2, 0.25) is 0 Å². The van der Waals surface area contributed by atoms with Crippen LogP contribution in [0.25, 0.3) is 0 Å². The minimum atomic E-state index is -0.929. The molecular weight excluding hydrogens is 344 g/mol. The molecule has 1 atom stereocenters. The molecule has 0 bridgehead atoms. The summed E-state index contributed by atoms with van der Waals surface area (Å²) in [5.41, 5.74) is 1.14. The summed E-state index contributed by atoms with van der Waals surface area (Å²) < 4.78 is 0. The van der Waals surface area contributed by atoms with Crippen LogP contribution in [0.15, 0.2) is 59.5 Å². The van der Waals surface area contributed by atoms with Crippen molar-refractivity contribution >= 4 is 23.7 Å². The van der Waals surface area contributed by atoms with Gasteiger partial charge in [0.15, 0.2) is 0 Å². The Morgan fingerprint density at radius 2 is 1.73 bits per heavy atom. The average Bonchev–Trinajstić information content (AvgIpc) is 2.89.